The first-order chi connectivity index (χ1) is 11.9. The lowest BCUT2D eigenvalue weighted by Crippen LogP contribution is -2.11. The molecular formula is C17H13Cl2N3O2S. The molecule has 3 rings (SSSR count). The van der Waals surface area contributed by atoms with Crippen LogP contribution in [0.1, 0.15) is 27.9 Å². The van der Waals surface area contributed by atoms with Gasteiger partial charge in [0.25, 0.3) is 0 Å². The average Bonchev–Trinajstić information content (AvgIpc) is 3.12. The molecule has 3 aromatic rings. The second kappa shape index (κ2) is 7.04. The van der Waals surface area contributed by atoms with Gasteiger partial charge in [-0.1, -0.05) is 29.3 Å². The van der Waals surface area contributed by atoms with E-state index in [0.717, 1.165) is 21.5 Å². The van der Waals surface area contributed by atoms with Crippen LogP contribution in [0.4, 0.5) is 0 Å². The van der Waals surface area contributed by atoms with E-state index in [1.165, 1.54) is 18.3 Å². The van der Waals surface area contributed by atoms with Crippen LogP contribution in [0.25, 0.3) is 10.2 Å². The van der Waals surface area contributed by atoms with Crippen molar-refractivity contribution in [3.05, 3.63) is 50.4 Å². The number of rotatable bonds is 4. The Hall–Kier alpha value is -2.07. The standard InChI is InChI=1S/C17H13Cl2N3O2S/c1-9(7-20)24-17(23)15-6-13-10(2)21-22(16(13)25-15)8-11-3-4-12(18)5-14(11)19/h3-6,9H,8H2,1-2H3/t9-/m1/s1. The Labute approximate surface area is 158 Å². The van der Waals surface area contributed by atoms with Crippen LogP contribution in [-0.4, -0.2) is 21.9 Å². The number of aryl methyl sites for hydroxylation is 1. The number of nitrogens with zero attached hydrogens (tertiary/aromatic N) is 3. The van der Waals surface area contributed by atoms with E-state index in [2.05, 4.69) is 5.10 Å². The second-order valence-electron chi connectivity index (χ2n) is 5.48. The van der Waals surface area contributed by atoms with Gasteiger partial charge in [-0.25, -0.2) is 9.48 Å². The van der Waals surface area contributed by atoms with Gasteiger partial charge >= 0.3 is 5.97 Å². The fourth-order valence-electron chi connectivity index (χ4n) is 2.38. The minimum Gasteiger partial charge on any atom is -0.443 e. The van der Waals surface area contributed by atoms with Gasteiger partial charge in [0.2, 0.25) is 0 Å². The maximum atomic E-state index is 12.1. The Bertz CT molecular complexity index is 1000. The van der Waals surface area contributed by atoms with Crippen molar-refractivity contribution < 1.29 is 9.53 Å². The maximum Gasteiger partial charge on any atom is 0.349 e. The Balaban J connectivity index is 1.94. The highest BCUT2D eigenvalue weighted by atomic mass is 35.5. The van der Waals surface area contributed by atoms with Gasteiger partial charge in [-0.2, -0.15) is 10.4 Å². The lowest BCUT2D eigenvalue weighted by Gasteiger charge is -2.06. The molecule has 0 spiro atoms. The van der Waals surface area contributed by atoms with Crippen LogP contribution in [0.3, 0.4) is 0 Å². The van der Waals surface area contributed by atoms with Crippen LogP contribution in [-0.2, 0) is 11.3 Å². The van der Waals surface area contributed by atoms with Gasteiger partial charge < -0.3 is 4.74 Å². The lowest BCUT2D eigenvalue weighted by molar-refractivity contribution is 0.0441. The molecule has 8 heteroatoms. The number of esters is 1. The van der Waals surface area contributed by atoms with Crippen molar-refractivity contribution in [2.45, 2.75) is 26.5 Å². The van der Waals surface area contributed by atoms with E-state index < -0.39 is 12.1 Å². The highest BCUT2D eigenvalue weighted by Gasteiger charge is 2.19. The summed E-state index contributed by atoms with van der Waals surface area (Å²) < 4.78 is 6.86. The summed E-state index contributed by atoms with van der Waals surface area (Å²) in [6.07, 6.45) is -0.789. The van der Waals surface area contributed by atoms with Crippen molar-refractivity contribution in [3.8, 4) is 6.07 Å². The smallest absolute Gasteiger partial charge is 0.349 e. The zero-order valence-corrected chi connectivity index (χ0v) is 15.7. The normalized spacial score (nSPS) is 12.1. The monoisotopic (exact) mass is 393 g/mol. The highest BCUT2D eigenvalue weighted by molar-refractivity contribution is 7.20. The number of nitriles is 1. The third-order valence-corrected chi connectivity index (χ3v) is 5.32. The summed E-state index contributed by atoms with van der Waals surface area (Å²) in [5.74, 6) is -0.509. The van der Waals surface area contributed by atoms with Crippen LogP contribution in [0.5, 0.6) is 0 Å². The molecule has 0 radical (unpaired) electrons. The number of halogens is 2. The molecule has 0 saturated heterocycles. The Morgan fingerprint density at radius 2 is 2.20 bits per heavy atom. The largest absolute Gasteiger partial charge is 0.443 e. The van der Waals surface area contributed by atoms with E-state index >= 15 is 0 Å². The van der Waals surface area contributed by atoms with E-state index in [1.54, 1.807) is 22.9 Å². The van der Waals surface area contributed by atoms with Crippen molar-refractivity contribution in [1.29, 1.82) is 5.26 Å². The van der Waals surface area contributed by atoms with E-state index in [9.17, 15) is 4.79 Å². The molecule has 1 atom stereocenters. The van der Waals surface area contributed by atoms with Crippen LogP contribution >= 0.6 is 34.5 Å². The number of ether oxygens (including phenoxy) is 1. The SMILES string of the molecule is Cc1nn(Cc2ccc(Cl)cc2Cl)c2sc(C(=O)O[C@H](C)C#N)cc12. The number of carbonyl (C=O) groups is 1. The molecular weight excluding hydrogens is 381 g/mol. The number of benzene rings is 1. The zero-order valence-electron chi connectivity index (χ0n) is 13.4. The van der Waals surface area contributed by atoms with Crippen molar-refractivity contribution >= 4 is 50.7 Å². The molecule has 0 aliphatic rings. The quantitative estimate of drug-likeness (QED) is 0.595. The predicted octanol–water partition coefficient (Wildman–Crippen LogP) is 4.83. The molecule has 0 N–H and O–H groups in total. The topological polar surface area (TPSA) is 67.9 Å². The number of carbonyl (C=O) groups excluding carboxylic acids is 1. The Morgan fingerprint density at radius 3 is 2.88 bits per heavy atom. The first-order valence-corrected chi connectivity index (χ1v) is 8.97. The molecule has 128 valence electrons. The number of aromatic nitrogens is 2. The number of thiophene rings is 1. The summed E-state index contributed by atoms with van der Waals surface area (Å²) in [7, 11) is 0. The predicted molar refractivity (Wildman–Crippen MR) is 98.4 cm³/mol. The molecule has 0 unspecified atom stereocenters. The molecule has 0 aliphatic heterocycles. The van der Waals surface area contributed by atoms with Crippen molar-refractivity contribution in [2.75, 3.05) is 0 Å². The maximum absolute atomic E-state index is 12.1. The number of hydrogen-bond donors (Lipinski definition) is 0. The van der Waals surface area contributed by atoms with Crippen LogP contribution in [0.15, 0.2) is 24.3 Å². The van der Waals surface area contributed by atoms with E-state index in [0.29, 0.717) is 21.5 Å². The third-order valence-electron chi connectivity index (χ3n) is 3.61. The Kier molecular flexibility index (Phi) is 5.00. The van der Waals surface area contributed by atoms with Gasteiger partial charge in [-0.3, -0.25) is 0 Å². The summed E-state index contributed by atoms with van der Waals surface area (Å²) in [5, 5.41) is 15.3. The van der Waals surface area contributed by atoms with Gasteiger partial charge in [0.1, 0.15) is 15.8 Å². The molecule has 2 aromatic heterocycles. The summed E-state index contributed by atoms with van der Waals surface area (Å²) in [6.45, 7) is 3.87. The molecule has 25 heavy (non-hydrogen) atoms. The highest BCUT2D eigenvalue weighted by Crippen LogP contribution is 2.30. The van der Waals surface area contributed by atoms with Crippen LogP contribution in [0.2, 0.25) is 10.0 Å². The van der Waals surface area contributed by atoms with Crippen LogP contribution < -0.4 is 0 Å². The minimum atomic E-state index is -0.789. The van der Waals surface area contributed by atoms with E-state index in [4.69, 9.17) is 33.2 Å². The average molecular weight is 394 g/mol. The minimum absolute atomic E-state index is 0.438. The summed E-state index contributed by atoms with van der Waals surface area (Å²) >= 11 is 13.5. The van der Waals surface area contributed by atoms with Gasteiger partial charge in [-0.05, 0) is 37.6 Å². The van der Waals surface area contributed by atoms with E-state index in [1.807, 2.05) is 19.1 Å². The van der Waals surface area contributed by atoms with Gasteiger partial charge in [-0.15, -0.1) is 11.3 Å². The molecule has 0 amide bonds. The zero-order chi connectivity index (χ0) is 18.1. The fourth-order valence-corrected chi connectivity index (χ4v) is 3.89. The molecule has 0 fully saturated rings. The summed E-state index contributed by atoms with van der Waals surface area (Å²) in [5.41, 5.74) is 1.69. The molecule has 5 nitrogen and oxygen atoms in total. The van der Waals surface area contributed by atoms with Crippen molar-refractivity contribution in [3.63, 3.8) is 0 Å². The lowest BCUT2D eigenvalue weighted by atomic mass is 10.2. The van der Waals surface area contributed by atoms with Gasteiger partial charge in [0.05, 0.1) is 12.2 Å². The first-order valence-electron chi connectivity index (χ1n) is 7.40. The fraction of sp³-hybridized carbons (Fsp3) is 0.235. The van der Waals surface area contributed by atoms with Gasteiger partial charge in [0, 0.05) is 15.4 Å². The van der Waals surface area contributed by atoms with Gasteiger partial charge in [0.15, 0.2) is 6.10 Å². The molecule has 0 bridgehead atoms. The van der Waals surface area contributed by atoms with Crippen LogP contribution in [0, 0.1) is 18.3 Å². The number of fused-ring (bicyclic) bond motifs is 1. The molecule has 2 heterocycles. The van der Waals surface area contributed by atoms with Crippen molar-refractivity contribution in [1.82, 2.24) is 9.78 Å². The first kappa shape index (κ1) is 17.7. The summed E-state index contributed by atoms with van der Waals surface area (Å²) in [4.78, 5) is 13.4. The molecule has 1 aromatic carbocycles. The van der Waals surface area contributed by atoms with Crippen molar-refractivity contribution in [2.24, 2.45) is 0 Å². The number of hydrogen-bond acceptors (Lipinski definition) is 5. The molecule has 0 aliphatic carbocycles. The Morgan fingerprint density at radius 1 is 1.44 bits per heavy atom. The van der Waals surface area contributed by atoms with E-state index in [-0.39, 0.29) is 0 Å². The molecule has 0 saturated carbocycles. The third kappa shape index (κ3) is 3.64. The summed E-state index contributed by atoms with van der Waals surface area (Å²) in [6, 6.07) is 8.94. The second-order valence-corrected chi connectivity index (χ2v) is 7.36.